The summed E-state index contributed by atoms with van der Waals surface area (Å²) < 4.78 is 0. The fraction of sp³-hybridized carbons (Fsp3) is 0.483. The third kappa shape index (κ3) is 5.48. The summed E-state index contributed by atoms with van der Waals surface area (Å²) in [6.45, 7) is 11.6. The Morgan fingerprint density at radius 1 is 1.26 bits per heavy atom. The van der Waals surface area contributed by atoms with Crippen molar-refractivity contribution in [2.45, 2.75) is 71.8 Å². The second-order valence-corrected chi connectivity index (χ2v) is 9.68. The van der Waals surface area contributed by atoms with Crippen molar-refractivity contribution in [1.82, 2.24) is 25.4 Å². The van der Waals surface area contributed by atoms with Gasteiger partial charge in [0.2, 0.25) is 0 Å². The van der Waals surface area contributed by atoms with Gasteiger partial charge in [-0.3, -0.25) is 9.89 Å². The maximum absolute atomic E-state index is 12.8. The van der Waals surface area contributed by atoms with Crippen molar-refractivity contribution in [3.63, 3.8) is 0 Å². The number of allylic oxidation sites excluding steroid dienone is 6. The number of fused-ring (bicyclic) bond motifs is 1. The molecule has 2 atom stereocenters. The van der Waals surface area contributed by atoms with Crippen molar-refractivity contribution in [2.75, 3.05) is 20.6 Å². The molecule has 2 N–H and O–H groups in total. The first-order valence-corrected chi connectivity index (χ1v) is 12.8. The summed E-state index contributed by atoms with van der Waals surface area (Å²) in [5, 5.41) is 11.6. The number of nitrogens with one attached hydrogen (secondary N) is 2. The lowest BCUT2D eigenvalue weighted by molar-refractivity contribution is 0.0827. The topological polar surface area (TPSA) is 73.9 Å². The van der Waals surface area contributed by atoms with E-state index >= 15 is 0 Å². The van der Waals surface area contributed by atoms with Gasteiger partial charge in [-0.2, -0.15) is 5.10 Å². The van der Waals surface area contributed by atoms with E-state index in [4.69, 9.17) is 10.1 Å². The Hall–Kier alpha value is -2.99. The summed E-state index contributed by atoms with van der Waals surface area (Å²) >= 11 is 0. The Labute approximate surface area is 210 Å². The van der Waals surface area contributed by atoms with E-state index in [1.807, 2.05) is 19.1 Å². The standard InChI is InChI=1S/C29H41N5O/c1-8-11-12-13-24-20(4)14-15-22-18-23(27(35)34(6)7)16-17-25(22)29(24,19-21(5)30-10-3)28-31-26(9-2)32-33-28/h8,11-13,16-18,21,30H,9-10,14-15,19H2,1-7H3,(H,31,32,33)/b11-8-,13-12-. The number of carbonyl (C=O) groups excluding carboxylic acids is 1. The molecule has 1 aliphatic carbocycles. The van der Waals surface area contributed by atoms with E-state index < -0.39 is 5.41 Å². The molecule has 0 bridgehead atoms. The Kier molecular flexibility index (Phi) is 8.84. The van der Waals surface area contributed by atoms with Crippen molar-refractivity contribution >= 4 is 5.91 Å². The zero-order valence-corrected chi connectivity index (χ0v) is 22.4. The van der Waals surface area contributed by atoms with Crippen LogP contribution in [0, 0.1) is 0 Å². The smallest absolute Gasteiger partial charge is 0.253 e. The van der Waals surface area contributed by atoms with E-state index in [0.29, 0.717) is 0 Å². The number of hydrogen-bond donors (Lipinski definition) is 2. The second-order valence-electron chi connectivity index (χ2n) is 9.68. The Balaban J connectivity index is 2.37. The van der Waals surface area contributed by atoms with Crippen LogP contribution in [0.3, 0.4) is 0 Å². The monoisotopic (exact) mass is 475 g/mol. The van der Waals surface area contributed by atoms with E-state index in [1.54, 1.807) is 19.0 Å². The summed E-state index contributed by atoms with van der Waals surface area (Å²) in [6, 6.07) is 6.43. The number of H-pyrrole nitrogens is 1. The minimum absolute atomic E-state index is 0.0210. The number of nitrogens with zero attached hydrogens (tertiary/aromatic N) is 3. The molecule has 2 aromatic rings. The largest absolute Gasteiger partial charge is 0.345 e. The van der Waals surface area contributed by atoms with Crippen molar-refractivity contribution in [3.8, 4) is 0 Å². The summed E-state index contributed by atoms with van der Waals surface area (Å²) in [7, 11) is 3.60. The van der Waals surface area contributed by atoms with E-state index in [-0.39, 0.29) is 11.9 Å². The minimum Gasteiger partial charge on any atom is -0.345 e. The molecule has 1 heterocycles. The first-order valence-electron chi connectivity index (χ1n) is 12.8. The molecule has 0 spiro atoms. The molecule has 188 valence electrons. The molecule has 1 aliphatic rings. The number of rotatable bonds is 9. The van der Waals surface area contributed by atoms with Crippen molar-refractivity contribution in [2.24, 2.45) is 0 Å². The fourth-order valence-corrected chi connectivity index (χ4v) is 5.20. The third-order valence-corrected chi connectivity index (χ3v) is 6.89. The van der Waals surface area contributed by atoms with Gasteiger partial charge in [-0.15, -0.1) is 0 Å². The van der Waals surface area contributed by atoms with Gasteiger partial charge >= 0.3 is 0 Å². The van der Waals surface area contributed by atoms with E-state index in [9.17, 15) is 4.79 Å². The number of amides is 1. The number of aromatic nitrogens is 3. The molecule has 0 saturated heterocycles. The van der Waals surface area contributed by atoms with Gasteiger partial charge in [-0.25, -0.2) is 4.98 Å². The first kappa shape index (κ1) is 26.6. The van der Waals surface area contributed by atoms with Gasteiger partial charge in [0.1, 0.15) is 5.82 Å². The third-order valence-electron chi connectivity index (χ3n) is 6.89. The zero-order chi connectivity index (χ0) is 25.6. The van der Waals surface area contributed by atoms with E-state index in [0.717, 1.165) is 49.4 Å². The number of aryl methyl sites for hydroxylation is 2. The average Bonchev–Trinajstić information content (AvgIpc) is 3.29. The van der Waals surface area contributed by atoms with Crippen molar-refractivity contribution in [3.05, 3.63) is 82.0 Å². The zero-order valence-electron chi connectivity index (χ0n) is 22.4. The molecule has 3 rings (SSSR count). The second kappa shape index (κ2) is 11.6. The predicted molar refractivity (Wildman–Crippen MR) is 144 cm³/mol. The number of benzene rings is 1. The molecule has 0 fully saturated rings. The Morgan fingerprint density at radius 3 is 2.66 bits per heavy atom. The summed E-state index contributed by atoms with van der Waals surface area (Å²) in [6.07, 6.45) is 11.9. The van der Waals surface area contributed by atoms with Crippen LogP contribution in [0.4, 0.5) is 0 Å². The van der Waals surface area contributed by atoms with Crippen LogP contribution in [0.1, 0.15) is 80.6 Å². The molecule has 6 nitrogen and oxygen atoms in total. The predicted octanol–water partition coefficient (Wildman–Crippen LogP) is 5.14. The van der Waals surface area contributed by atoms with E-state index in [2.05, 4.69) is 68.5 Å². The quantitative estimate of drug-likeness (QED) is 0.493. The van der Waals surface area contributed by atoms with Gasteiger partial charge in [0, 0.05) is 32.1 Å². The number of hydrogen-bond acceptors (Lipinski definition) is 4. The van der Waals surface area contributed by atoms with Crippen LogP contribution < -0.4 is 5.32 Å². The lowest BCUT2D eigenvalue weighted by atomic mass is 9.67. The highest BCUT2D eigenvalue weighted by Crippen LogP contribution is 2.48. The molecule has 0 aliphatic heterocycles. The minimum atomic E-state index is -0.542. The molecular formula is C29H41N5O. The molecule has 2 unspecified atom stereocenters. The van der Waals surface area contributed by atoms with Crippen LogP contribution >= 0.6 is 0 Å². The van der Waals surface area contributed by atoms with E-state index in [1.165, 1.54) is 22.3 Å². The Morgan fingerprint density at radius 2 is 2.03 bits per heavy atom. The van der Waals surface area contributed by atoms with Gasteiger partial charge in [0.25, 0.3) is 5.91 Å². The lowest BCUT2D eigenvalue weighted by Crippen LogP contribution is -2.40. The number of aromatic amines is 1. The highest BCUT2D eigenvalue weighted by Gasteiger charge is 2.45. The van der Waals surface area contributed by atoms with Gasteiger partial charge in [-0.05, 0) is 75.4 Å². The van der Waals surface area contributed by atoms with Crippen LogP contribution in [0.5, 0.6) is 0 Å². The fourth-order valence-electron chi connectivity index (χ4n) is 5.20. The highest BCUT2D eigenvalue weighted by molar-refractivity contribution is 5.94. The molecule has 1 aromatic carbocycles. The van der Waals surface area contributed by atoms with Gasteiger partial charge in [0.05, 0.1) is 5.41 Å². The Bertz CT molecular complexity index is 1120. The van der Waals surface area contributed by atoms with Crippen molar-refractivity contribution < 1.29 is 4.79 Å². The molecule has 6 heteroatoms. The van der Waals surface area contributed by atoms with Crippen LogP contribution in [-0.4, -0.2) is 52.7 Å². The van der Waals surface area contributed by atoms with Gasteiger partial charge in [0.15, 0.2) is 5.82 Å². The molecule has 1 aromatic heterocycles. The maximum Gasteiger partial charge on any atom is 0.253 e. The summed E-state index contributed by atoms with van der Waals surface area (Å²) in [5.74, 6) is 1.70. The molecule has 1 amide bonds. The van der Waals surface area contributed by atoms with Gasteiger partial charge in [-0.1, -0.05) is 49.8 Å². The molecule has 0 saturated carbocycles. The number of carbonyl (C=O) groups is 1. The van der Waals surface area contributed by atoms with Crippen LogP contribution in [0.2, 0.25) is 0 Å². The lowest BCUT2D eigenvalue weighted by Gasteiger charge is -2.37. The molecule has 0 radical (unpaired) electrons. The maximum atomic E-state index is 12.8. The van der Waals surface area contributed by atoms with Crippen LogP contribution in [0.15, 0.2) is 53.6 Å². The normalized spacial score (nSPS) is 19.3. The highest BCUT2D eigenvalue weighted by atomic mass is 16.2. The summed E-state index contributed by atoms with van der Waals surface area (Å²) in [5.41, 5.74) is 5.13. The average molecular weight is 476 g/mol. The van der Waals surface area contributed by atoms with Crippen LogP contribution in [0.25, 0.3) is 0 Å². The SMILES string of the molecule is C/C=C\C=C/C1=C(C)CCc2cc(C(=O)N(C)C)ccc2C1(CC(C)NCC)c1n[nH]c(CC)n1. The van der Waals surface area contributed by atoms with Crippen molar-refractivity contribution in [1.29, 1.82) is 0 Å². The van der Waals surface area contributed by atoms with Gasteiger partial charge < -0.3 is 10.2 Å². The molecular weight excluding hydrogens is 434 g/mol. The summed E-state index contributed by atoms with van der Waals surface area (Å²) in [4.78, 5) is 19.5. The molecule has 35 heavy (non-hydrogen) atoms. The first-order chi connectivity index (χ1) is 16.8. The van der Waals surface area contributed by atoms with Crippen LogP contribution in [-0.2, 0) is 18.3 Å².